The summed E-state index contributed by atoms with van der Waals surface area (Å²) in [6, 6.07) is 12.7. The second-order valence-corrected chi connectivity index (χ2v) is 9.03. The van der Waals surface area contributed by atoms with Crippen LogP contribution in [-0.2, 0) is 0 Å². The number of phenols is 1. The average molecular weight is 451 g/mol. The minimum atomic E-state index is -1.09. The number of ether oxygens (including phenoxy) is 2. The van der Waals surface area contributed by atoms with E-state index in [1.807, 2.05) is 26.1 Å². The number of phenolic OH excluding ortho intramolecular Hbond substituents is 1. The van der Waals surface area contributed by atoms with Gasteiger partial charge in [0.15, 0.2) is 6.17 Å². The first-order valence-electron chi connectivity index (χ1n) is 11.1. The lowest BCUT2D eigenvalue weighted by atomic mass is 9.87. The normalized spacial score (nSPS) is 26.8. The molecule has 5 rings (SSSR count). The maximum absolute atomic E-state index is 15.2. The van der Waals surface area contributed by atoms with Crippen molar-refractivity contribution >= 4 is 0 Å². The molecule has 0 amide bonds. The van der Waals surface area contributed by atoms with Crippen LogP contribution >= 0.6 is 0 Å². The lowest BCUT2D eigenvalue weighted by Gasteiger charge is -2.45. The van der Waals surface area contributed by atoms with Crippen molar-refractivity contribution in [3.8, 4) is 39.9 Å². The van der Waals surface area contributed by atoms with Crippen LogP contribution in [0.5, 0.6) is 17.5 Å². The predicted molar refractivity (Wildman–Crippen MR) is 122 cm³/mol. The summed E-state index contributed by atoms with van der Waals surface area (Å²) in [5.41, 5.74) is 2.26. The largest absolute Gasteiger partial charge is 0.507 e. The van der Waals surface area contributed by atoms with Crippen LogP contribution in [0.25, 0.3) is 22.4 Å². The molecular weight excluding hydrogens is 423 g/mol. The highest BCUT2D eigenvalue weighted by atomic mass is 19.1. The Bertz CT molecular complexity index is 1160. The van der Waals surface area contributed by atoms with Crippen LogP contribution in [-0.4, -0.2) is 63.2 Å². The van der Waals surface area contributed by atoms with Gasteiger partial charge in [-0.15, -0.1) is 10.2 Å². The second-order valence-electron chi connectivity index (χ2n) is 9.03. The second kappa shape index (κ2) is 8.26. The summed E-state index contributed by atoms with van der Waals surface area (Å²) in [5.74, 6) is 0.869. The summed E-state index contributed by atoms with van der Waals surface area (Å²) in [5, 5.41) is 19.0. The number of methoxy groups -OCH3 is 1. The van der Waals surface area contributed by atoms with Crippen molar-refractivity contribution < 1.29 is 19.0 Å². The molecule has 2 aliphatic rings. The number of fused-ring (bicyclic) bond motifs is 2. The minimum absolute atomic E-state index is 0.0786. The number of hydrogen-bond acceptors (Lipinski definition) is 7. The Kier molecular flexibility index (Phi) is 5.40. The third-order valence-corrected chi connectivity index (χ3v) is 7.23. The van der Waals surface area contributed by atoms with Crippen molar-refractivity contribution in [2.24, 2.45) is 0 Å². The number of halogens is 1. The quantitative estimate of drug-likeness (QED) is 0.622. The summed E-state index contributed by atoms with van der Waals surface area (Å²) in [6.07, 6.45) is 2.48. The van der Waals surface area contributed by atoms with Crippen molar-refractivity contribution in [2.75, 3.05) is 14.2 Å². The standard InChI is InChI=1S/C25H27FN4O3/c1-25-10-8-17(30(25)2)14-21(24(25)26)33-22-7-6-19(28-29-22)18-5-4-15(12-20(18)31)16-9-11-27-23(13-16)32-3/h4-7,9,11-13,17,21,24,31H,8,10,14H2,1-3H3/t17?,21-,24-,25+/m0/s1. The van der Waals surface area contributed by atoms with Crippen molar-refractivity contribution in [2.45, 2.75) is 50.0 Å². The van der Waals surface area contributed by atoms with Crippen LogP contribution in [0.4, 0.5) is 4.39 Å². The Labute approximate surface area is 192 Å². The summed E-state index contributed by atoms with van der Waals surface area (Å²) in [4.78, 5) is 6.26. The third-order valence-electron chi connectivity index (χ3n) is 7.23. The fraction of sp³-hybridized carbons (Fsp3) is 0.400. The Balaban J connectivity index is 1.32. The summed E-state index contributed by atoms with van der Waals surface area (Å²) in [7, 11) is 3.56. The predicted octanol–water partition coefficient (Wildman–Crippen LogP) is 4.26. The lowest BCUT2D eigenvalue weighted by molar-refractivity contribution is -0.0596. The van der Waals surface area contributed by atoms with Crippen LogP contribution in [0, 0.1) is 0 Å². The molecule has 0 saturated carbocycles. The van der Waals surface area contributed by atoms with Crippen LogP contribution in [0.3, 0.4) is 0 Å². The number of rotatable bonds is 5. The van der Waals surface area contributed by atoms with Gasteiger partial charge in [-0.3, -0.25) is 4.90 Å². The summed E-state index contributed by atoms with van der Waals surface area (Å²) < 4.78 is 26.3. The first kappa shape index (κ1) is 21.6. The molecule has 2 aliphatic heterocycles. The topological polar surface area (TPSA) is 80.6 Å². The monoisotopic (exact) mass is 450 g/mol. The molecule has 7 nitrogen and oxygen atoms in total. The van der Waals surface area contributed by atoms with Gasteiger partial charge in [0.2, 0.25) is 11.8 Å². The van der Waals surface area contributed by atoms with E-state index >= 15 is 4.39 Å². The number of piperidine rings is 1. The fourth-order valence-corrected chi connectivity index (χ4v) is 5.06. The Hall–Kier alpha value is -3.26. The van der Waals surface area contributed by atoms with Crippen molar-refractivity contribution in [1.29, 1.82) is 0 Å². The highest BCUT2D eigenvalue weighted by Crippen LogP contribution is 2.45. The van der Waals surface area contributed by atoms with Crippen molar-refractivity contribution in [3.05, 3.63) is 48.7 Å². The Morgan fingerprint density at radius 3 is 2.64 bits per heavy atom. The van der Waals surface area contributed by atoms with E-state index in [-0.39, 0.29) is 5.75 Å². The molecule has 0 spiro atoms. The molecule has 2 fully saturated rings. The fourth-order valence-electron chi connectivity index (χ4n) is 5.06. The number of alkyl halides is 1. The van der Waals surface area contributed by atoms with Crippen LogP contribution in [0.1, 0.15) is 26.2 Å². The first-order valence-corrected chi connectivity index (χ1v) is 11.1. The average Bonchev–Trinajstić information content (AvgIpc) is 3.05. The van der Waals surface area contributed by atoms with Crippen LogP contribution < -0.4 is 9.47 Å². The Morgan fingerprint density at radius 2 is 1.91 bits per heavy atom. The molecule has 2 aromatic heterocycles. The van der Waals surface area contributed by atoms with Gasteiger partial charge in [0.1, 0.15) is 11.9 Å². The molecule has 33 heavy (non-hydrogen) atoms. The zero-order valence-electron chi connectivity index (χ0n) is 18.9. The zero-order chi connectivity index (χ0) is 23.2. The number of nitrogens with zero attached hydrogens (tertiary/aromatic N) is 4. The minimum Gasteiger partial charge on any atom is -0.507 e. The van der Waals surface area contributed by atoms with E-state index in [0.29, 0.717) is 35.5 Å². The van der Waals surface area contributed by atoms with Crippen LogP contribution in [0.15, 0.2) is 48.7 Å². The molecule has 1 unspecified atom stereocenters. The van der Waals surface area contributed by atoms with Gasteiger partial charge in [0.25, 0.3) is 0 Å². The number of hydrogen-bond donors (Lipinski definition) is 1. The maximum atomic E-state index is 15.2. The van der Waals surface area contributed by atoms with Gasteiger partial charge in [-0.2, -0.15) is 0 Å². The number of benzene rings is 1. The molecule has 0 radical (unpaired) electrons. The van der Waals surface area contributed by atoms with E-state index in [1.165, 1.54) is 0 Å². The van der Waals surface area contributed by atoms with Gasteiger partial charge in [0, 0.05) is 36.4 Å². The van der Waals surface area contributed by atoms with E-state index < -0.39 is 17.8 Å². The molecule has 4 atom stereocenters. The van der Waals surface area contributed by atoms with Crippen molar-refractivity contribution in [3.63, 3.8) is 0 Å². The highest BCUT2D eigenvalue weighted by molar-refractivity contribution is 5.74. The van der Waals surface area contributed by atoms with E-state index in [9.17, 15) is 5.11 Å². The lowest BCUT2D eigenvalue weighted by Crippen LogP contribution is -2.60. The summed E-state index contributed by atoms with van der Waals surface area (Å²) >= 11 is 0. The van der Waals surface area contributed by atoms with Gasteiger partial charge < -0.3 is 14.6 Å². The highest BCUT2D eigenvalue weighted by Gasteiger charge is 2.55. The van der Waals surface area contributed by atoms with E-state index in [0.717, 1.165) is 24.0 Å². The van der Waals surface area contributed by atoms with E-state index in [2.05, 4.69) is 20.1 Å². The summed E-state index contributed by atoms with van der Waals surface area (Å²) in [6.45, 7) is 1.97. The molecule has 0 aliphatic carbocycles. The molecule has 1 N–H and O–H groups in total. The van der Waals surface area contributed by atoms with E-state index in [1.54, 1.807) is 43.6 Å². The number of pyridine rings is 1. The zero-order valence-corrected chi connectivity index (χ0v) is 18.9. The first-order chi connectivity index (χ1) is 15.9. The van der Waals surface area contributed by atoms with Gasteiger partial charge in [-0.1, -0.05) is 6.07 Å². The molecule has 1 aromatic carbocycles. The number of aromatic hydroxyl groups is 1. The van der Waals surface area contributed by atoms with Gasteiger partial charge >= 0.3 is 0 Å². The van der Waals surface area contributed by atoms with Gasteiger partial charge in [-0.25, -0.2) is 9.37 Å². The molecule has 3 aromatic rings. The van der Waals surface area contributed by atoms with Gasteiger partial charge in [0.05, 0.1) is 18.3 Å². The molecule has 8 heteroatoms. The molecule has 2 saturated heterocycles. The van der Waals surface area contributed by atoms with Crippen LogP contribution in [0.2, 0.25) is 0 Å². The molecule has 172 valence electrons. The third kappa shape index (κ3) is 3.78. The SMILES string of the molecule is COc1cc(-c2ccc(-c3ccc(O[C@H]4CC5CC[C@](C)([C@H]4F)N5C)nn3)c(O)c2)ccn1. The molecule has 2 bridgehead atoms. The Morgan fingerprint density at radius 1 is 1.09 bits per heavy atom. The molecule has 4 heterocycles. The maximum Gasteiger partial charge on any atom is 0.233 e. The number of aromatic nitrogens is 3. The smallest absolute Gasteiger partial charge is 0.233 e. The molecular formula is C25H27FN4O3. The van der Waals surface area contributed by atoms with E-state index in [4.69, 9.17) is 9.47 Å². The van der Waals surface area contributed by atoms with Crippen molar-refractivity contribution in [1.82, 2.24) is 20.1 Å². The van der Waals surface area contributed by atoms with Gasteiger partial charge in [-0.05, 0) is 62.2 Å².